The van der Waals surface area contributed by atoms with E-state index in [0.29, 0.717) is 5.56 Å². The summed E-state index contributed by atoms with van der Waals surface area (Å²) in [6, 6.07) is 6.83. The van der Waals surface area contributed by atoms with E-state index in [-0.39, 0.29) is 18.4 Å². The van der Waals surface area contributed by atoms with Crippen molar-refractivity contribution in [1.82, 2.24) is 5.32 Å². The van der Waals surface area contributed by atoms with Gasteiger partial charge in [0.15, 0.2) is 0 Å². The molecule has 2 aromatic rings. The standard InChI is InChI=1S/C26H29F6NO5/c1-24(2,3)38-23(37)33-20(13-16-6-10-19(11-7-16)26(30,31)32)21(34)14-17(22(35)36)12-15-4-8-18(9-5-15)25(27,28)29/h4-11,17,20-21,34H,12-14H2,1-3H3,(H,33,37)(H,35,36)/t17-,20+,21+/m1/s1. The number of aliphatic hydroxyl groups excluding tert-OH is 1. The fourth-order valence-electron chi connectivity index (χ4n) is 3.67. The SMILES string of the molecule is CC(C)(C)OC(=O)N[C@@H](Cc1ccc(C(F)(F)F)cc1)[C@@H](O)C[C@@H](Cc1ccc(C(F)(F)F)cc1)C(=O)O. The van der Waals surface area contributed by atoms with Crippen LogP contribution >= 0.6 is 0 Å². The first-order valence-corrected chi connectivity index (χ1v) is 11.6. The molecule has 0 spiro atoms. The lowest BCUT2D eigenvalue weighted by Gasteiger charge is -2.28. The predicted octanol–water partition coefficient (Wildman–Crippen LogP) is 5.85. The Bertz CT molecular complexity index is 1080. The number of halogens is 6. The van der Waals surface area contributed by atoms with Gasteiger partial charge in [0.25, 0.3) is 0 Å². The highest BCUT2D eigenvalue weighted by Gasteiger charge is 2.33. The fraction of sp³-hybridized carbons (Fsp3) is 0.462. The Morgan fingerprint density at radius 2 is 1.24 bits per heavy atom. The molecule has 0 aliphatic rings. The summed E-state index contributed by atoms with van der Waals surface area (Å²) in [4.78, 5) is 24.2. The van der Waals surface area contributed by atoms with E-state index in [4.69, 9.17) is 4.74 Å². The van der Waals surface area contributed by atoms with E-state index in [1.165, 1.54) is 12.1 Å². The van der Waals surface area contributed by atoms with E-state index in [2.05, 4.69) is 5.32 Å². The minimum atomic E-state index is -4.56. The van der Waals surface area contributed by atoms with Crippen LogP contribution in [0.25, 0.3) is 0 Å². The van der Waals surface area contributed by atoms with E-state index in [9.17, 15) is 46.1 Å². The van der Waals surface area contributed by atoms with Crippen molar-refractivity contribution < 1.29 is 50.9 Å². The number of carbonyl (C=O) groups excluding carboxylic acids is 1. The Morgan fingerprint density at radius 3 is 1.61 bits per heavy atom. The molecular formula is C26H29F6NO5. The van der Waals surface area contributed by atoms with E-state index in [1.54, 1.807) is 20.8 Å². The number of ether oxygens (including phenoxy) is 1. The van der Waals surface area contributed by atoms with Gasteiger partial charge < -0.3 is 20.3 Å². The number of benzene rings is 2. The zero-order valence-corrected chi connectivity index (χ0v) is 20.9. The third kappa shape index (κ3) is 9.88. The van der Waals surface area contributed by atoms with E-state index < -0.39 is 65.6 Å². The van der Waals surface area contributed by atoms with Crippen LogP contribution in [0.2, 0.25) is 0 Å². The lowest BCUT2D eigenvalue weighted by molar-refractivity contribution is -0.143. The maximum absolute atomic E-state index is 12.9. The van der Waals surface area contributed by atoms with Crippen molar-refractivity contribution >= 4 is 12.1 Å². The van der Waals surface area contributed by atoms with Crippen LogP contribution in [0.5, 0.6) is 0 Å². The third-order valence-corrected chi connectivity index (χ3v) is 5.54. The number of amides is 1. The Morgan fingerprint density at radius 1 is 0.816 bits per heavy atom. The van der Waals surface area contributed by atoms with Gasteiger partial charge in [-0.2, -0.15) is 26.3 Å². The molecular weight excluding hydrogens is 520 g/mol. The smallest absolute Gasteiger partial charge is 0.416 e. The fourth-order valence-corrected chi connectivity index (χ4v) is 3.67. The van der Waals surface area contributed by atoms with Gasteiger partial charge in [-0.05, 0) is 75.4 Å². The molecule has 0 bridgehead atoms. The first-order chi connectivity index (χ1) is 17.3. The quantitative estimate of drug-likeness (QED) is 0.341. The van der Waals surface area contributed by atoms with Gasteiger partial charge in [0.05, 0.1) is 29.2 Å². The van der Waals surface area contributed by atoms with E-state index in [0.717, 1.165) is 36.4 Å². The van der Waals surface area contributed by atoms with Gasteiger partial charge in [0, 0.05) is 0 Å². The number of aliphatic carboxylic acids is 1. The Kier molecular flexibility index (Phi) is 9.82. The topological polar surface area (TPSA) is 95.9 Å². The Balaban J connectivity index is 2.22. The Hall–Kier alpha value is -3.28. The van der Waals surface area contributed by atoms with Gasteiger partial charge in [-0.1, -0.05) is 24.3 Å². The summed E-state index contributed by atoms with van der Waals surface area (Å²) in [5, 5.41) is 23.0. The maximum atomic E-state index is 12.9. The zero-order valence-electron chi connectivity index (χ0n) is 20.9. The lowest BCUT2D eigenvalue weighted by Crippen LogP contribution is -2.47. The highest BCUT2D eigenvalue weighted by atomic mass is 19.4. The van der Waals surface area contributed by atoms with Crippen LogP contribution in [0.4, 0.5) is 31.1 Å². The number of carboxylic acids is 1. The molecule has 0 heterocycles. The molecule has 210 valence electrons. The number of carbonyl (C=O) groups is 2. The number of aliphatic hydroxyl groups is 1. The molecule has 0 radical (unpaired) electrons. The summed E-state index contributed by atoms with van der Waals surface area (Å²) in [7, 11) is 0. The third-order valence-electron chi connectivity index (χ3n) is 5.54. The van der Waals surface area contributed by atoms with Crippen molar-refractivity contribution in [3.8, 4) is 0 Å². The minimum absolute atomic E-state index is 0.148. The predicted molar refractivity (Wildman–Crippen MR) is 125 cm³/mol. The van der Waals surface area contributed by atoms with Crippen LogP contribution < -0.4 is 5.32 Å². The molecule has 12 heteroatoms. The van der Waals surface area contributed by atoms with Crippen molar-refractivity contribution in [2.75, 3.05) is 0 Å². The maximum Gasteiger partial charge on any atom is 0.416 e. The summed E-state index contributed by atoms with van der Waals surface area (Å²) < 4.78 is 82.3. The number of carboxylic acid groups (broad SMARTS) is 1. The van der Waals surface area contributed by atoms with Crippen LogP contribution in [0.1, 0.15) is 49.4 Å². The molecule has 6 nitrogen and oxygen atoms in total. The van der Waals surface area contributed by atoms with E-state index in [1.807, 2.05) is 0 Å². The normalized spacial score (nSPS) is 14.9. The van der Waals surface area contributed by atoms with Crippen molar-refractivity contribution in [3.63, 3.8) is 0 Å². The average Bonchev–Trinajstić information content (AvgIpc) is 2.76. The molecule has 0 unspecified atom stereocenters. The van der Waals surface area contributed by atoms with Crippen LogP contribution in [-0.2, 0) is 34.7 Å². The largest absolute Gasteiger partial charge is 0.481 e. The van der Waals surface area contributed by atoms with Crippen LogP contribution in [-0.4, -0.2) is 40.0 Å². The van der Waals surface area contributed by atoms with Crippen molar-refractivity contribution in [3.05, 3.63) is 70.8 Å². The number of nitrogens with one attached hydrogen (secondary N) is 1. The molecule has 2 rings (SSSR count). The van der Waals surface area contributed by atoms with Crippen LogP contribution in [0, 0.1) is 5.92 Å². The molecule has 0 aliphatic heterocycles. The molecule has 3 atom stereocenters. The van der Waals surface area contributed by atoms with Gasteiger partial charge in [-0.3, -0.25) is 4.79 Å². The second-order valence-corrected chi connectivity index (χ2v) is 9.89. The zero-order chi connectivity index (χ0) is 28.9. The monoisotopic (exact) mass is 549 g/mol. The number of alkyl halides is 6. The molecule has 38 heavy (non-hydrogen) atoms. The van der Waals surface area contributed by atoms with Crippen molar-refractivity contribution in [2.45, 2.75) is 70.1 Å². The Labute approximate surface area is 215 Å². The summed E-state index contributed by atoms with van der Waals surface area (Å²) in [6.07, 6.45) is -12.3. The minimum Gasteiger partial charge on any atom is -0.481 e. The summed E-state index contributed by atoms with van der Waals surface area (Å²) in [6.45, 7) is 4.79. The molecule has 2 aromatic carbocycles. The van der Waals surface area contributed by atoms with Crippen molar-refractivity contribution in [2.24, 2.45) is 5.92 Å². The molecule has 0 aliphatic carbocycles. The number of rotatable bonds is 9. The first-order valence-electron chi connectivity index (χ1n) is 11.6. The summed E-state index contributed by atoms with van der Waals surface area (Å²) in [5.74, 6) is -2.56. The molecule has 0 saturated heterocycles. The molecule has 1 amide bonds. The number of hydrogen-bond donors (Lipinski definition) is 3. The molecule has 0 aromatic heterocycles. The van der Waals surface area contributed by atoms with E-state index >= 15 is 0 Å². The number of alkyl carbamates (subject to hydrolysis) is 1. The van der Waals surface area contributed by atoms with Gasteiger partial charge >= 0.3 is 24.4 Å². The van der Waals surface area contributed by atoms with Crippen molar-refractivity contribution in [1.29, 1.82) is 0 Å². The van der Waals surface area contributed by atoms with Crippen LogP contribution in [0.3, 0.4) is 0 Å². The average molecular weight is 550 g/mol. The number of hydrogen-bond acceptors (Lipinski definition) is 4. The van der Waals surface area contributed by atoms with Gasteiger partial charge in [0.2, 0.25) is 0 Å². The van der Waals surface area contributed by atoms with Gasteiger partial charge in [-0.25, -0.2) is 4.79 Å². The highest BCUT2D eigenvalue weighted by molar-refractivity contribution is 5.70. The summed E-state index contributed by atoms with van der Waals surface area (Å²) >= 11 is 0. The second kappa shape index (κ2) is 12.1. The first kappa shape index (κ1) is 30.9. The van der Waals surface area contributed by atoms with Gasteiger partial charge in [-0.15, -0.1) is 0 Å². The highest BCUT2D eigenvalue weighted by Crippen LogP contribution is 2.31. The van der Waals surface area contributed by atoms with Gasteiger partial charge in [0.1, 0.15) is 5.60 Å². The molecule has 0 fully saturated rings. The molecule has 0 saturated carbocycles. The van der Waals surface area contributed by atoms with Crippen LogP contribution in [0.15, 0.2) is 48.5 Å². The molecule has 3 N–H and O–H groups in total. The lowest BCUT2D eigenvalue weighted by atomic mass is 9.89. The second-order valence-electron chi connectivity index (χ2n) is 9.89. The summed E-state index contributed by atoms with van der Waals surface area (Å²) in [5.41, 5.74) is -2.07.